The quantitative estimate of drug-likeness (QED) is 0.701. The molecule has 0 heterocycles. The molecule has 0 unspecified atom stereocenters. The molecule has 0 aliphatic heterocycles. The lowest BCUT2D eigenvalue weighted by Gasteiger charge is -2.21. The maximum Gasteiger partial charge on any atom is 0.240 e. The third kappa shape index (κ3) is 8.42. The summed E-state index contributed by atoms with van der Waals surface area (Å²) in [6.45, 7) is 0. The average Bonchev–Trinajstić information content (AvgIpc) is 1.59. The molecule has 0 spiro atoms. The maximum absolute atomic E-state index is 11.3. The molecule has 0 rings (SSSR count). The Morgan fingerprint density at radius 1 is 1.44 bits per heavy atom. The number of hydrogen-bond donors (Lipinski definition) is 2. The van der Waals surface area contributed by atoms with Gasteiger partial charge in [0.05, 0.1) is 5.75 Å². The Balaban J connectivity index is 3.28. The van der Waals surface area contributed by atoms with E-state index in [1.54, 1.807) is 0 Å². The van der Waals surface area contributed by atoms with Gasteiger partial charge in [-0.1, -0.05) is 0 Å². The van der Waals surface area contributed by atoms with Crippen LogP contribution in [0.5, 0.6) is 0 Å². The minimum atomic E-state index is -3.23. The zero-order valence-corrected chi connectivity index (χ0v) is 6.00. The molecule has 2 nitrogen and oxygen atoms in total. The lowest BCUT2D eigenvalue weighted by Crippen LogP contribution is -2.00. The molecule has 58 valence electrons. The van der Waals surface area contributed by atoms with Crippen LogP contribution in [0.25, 0.3) is 0 Å². The van der Waals surface area contributed by atoms with Gasteiger partial charge in [-0.2, -0.15) is 0 Å². The zero-order chi connectivity index (χ0) is 7.49. The van der Waals surface area contributed by atoms with Gasteiger partial charge in [0.25, 0.3) is 0 Å². The van der Waals surface area contributed by atoms with E-state index in [1.165, 1.54) is 0 Å². The first-order valence-corrected chi connectivity index (χ1v) is 4.69. The SMILES string of the molecule is OS(O)(Cl)CCC(F)F. The lowest BCUT2D eigenvalue weighted by atomic mass is 10.5. The fourth-order valence-electron chi connectivity index (χ4n) is 0.239. The maximum atomic E-state index is 11.3. The topological polar surface area (TPSA) is 40.5 Å². The molecule has 0 bridgehead atoms. The number of alkyl halides is 2. The normalized spacial score (nSPS) is 14.4. The van der Waals surface area contributed by atoms with E-state index in [-0.39, 0.29) is 0 Å². The Hall–Kier alpha value is 0.420. The van der Waals surface area contributed by atoms with Gasteiger partial charge in [-0.15, -0.1) is 9.80 Å². The van der Waals surface area contributed by atoms with E-state index < -0.39 is 28.4 Å². The second-order valence-electron chi connectivity index (χ2n) is 1.47. The van der Waals surface area contributed by atoms with Crippen molar-refractivity contribution in [3.63, 3.8) is 0 Å². The molecule has 0 fully saturated rings. The predicted octanol–water partition coefficient (Wildman–Crippen LogP) is 2.55. The molecule has 0 saturated heterocycles. The van der Waals surface area contributed by atoms with Crippen molar-refractivity contribution in [3.05, 3.63) is 0 Å². The van der Waals surface area contributed by atoms with Gasteiger partial charge in [0.1, 0.15) is 0 Å². The molecule has 0 aromatic rings. The highest BCUT2D eigenvalue weighted by molar-refractivity contribution is 8.43. The van der Waals surface area contributed by atoms with Crippen LogP contribution in [0.4, 0.5) is 8.78 Å². The first-order chi connectivity index (χ1) is 3.92. The van der Waals surface area contributed by atoms with Crippen LogP contribution in [-0.2, 0) is 0 Å². The highest BCUT2D eigenvalue weighted by Gasteiger charge is 2.11. The van der Waals surface area contributed by atoms with E-state index in [0.29, 0.717) is 0 Å². The minimum Gasteiger partial charge on any atom is -0.285 e. The lowest BCUT2D eigenvalue weighted by molar-refractivity contribution is 0.144. The summed E-state index contributed by atoms with van der Waals surface area (Å²) in [6, 6.07) is 0. The third-order valence-electron chi connectivity index (χ3n) is 0.596. The largest absolute Gasteiger partial charge is 0.285 e. The van der Waals surface area contributed by atoms with Crippen molar-refractivity contribution in [2.24, 2.45) is 0 Å². The van der Waals surface area contributed by atoms with Gasteiger partial charge < -0.3 is 0 Å². The van der Waals surface area contributed by atoms with Crippen LogP contribution in [-0.4, -0.2) is 21.3 Å². The van der Waals surface area contributed by atoms with Crippen LogP contribution in [0.1, 0.15) is 6.42 Å². The molecule has 0 aliphatic carbocycles. The number of rotatable bonds is 3. The molecule has 0 radical (unpaired) electrons. The molecule has 2 N–H and O–H groups in total. The summed E-state index contributed by atoms with van der Waals surface area (Å²) < 4.78 is 39.3. The van der Waals surface area contributed by atoms with Crippen molar-refractivity contribution in [2.45, 2.75) is 12.8 Å². The summed E-state index contributed by atoms with van der Waals surface area (Å²) in [7, 11) is 1.61. The molecular weight excluding hydrogens is 174 g/mol. The van der Waals surface area contributed by atoms with Gasteiger partial charge in [0.15, 0.2) is 0 Å². The van der Waals surface area contributed by atoms with Crippen molar-refractivity contribution >= 4 is 20.5 Å². The highest BCUT2D eigenvalue weighted by Crippen LogP contribution is 2.44. The van der Waals surface area contributed by atoms with Crippen LogP contribution in [0.2, 0.25) is 0 Å². The minimum absolute atomic E-state index is 0.438. The van der Waals surface area contributed by atoms with Crippen molar-refractivity contribution in [3.8, 4) is 0 Å². The molecule has 0 saturated carbocycles. The molecule has 0 aromatic carbocycles. The standard InChI is InChI=1S/C3H7ClF2O2S/c4-9(7,8)2-1-3(5)6/h3,7-8H,1-2H2. The Morgan fingerprint density at radius 2 is 1.89 bits per heavy atom. The third-order valence-corrected chi connectivity index (χ3v) is 1.81. The summed E-state index contributed by atoms with van der Waals surface area (Å²) >= 11 is 0. The zero-order valence-electron chi connectivity index (χ0n) is 4.43. The van der Waals surface area contributed by atoms with Crippen LogP contribution in [0, 0.1) is 0 Å². The monoisotopic (exact) mass is 180 g/mol. The first kappa shape index (κ1) is 9.42. The smallest absolute Gasteiger partial charge is 0.240 e. The van der Waals surface area contributed by atoms with Gasteiger partial charge in [0.2, 0.25) is 6.43 Å². The van der Waals surface area contributed by atoms with E-state index in [4.69, 9.17) is 19.8 Å². The van der Waals surface area contributed by atoms with Crippen LogP contribution < -0.4 is 0 Å². The molecule has 0 aliphatic rings. The Morgan fingerprint density at radius 3 is 2.00 bits per heavy atom. The van der Waals surface area contributed by atoms with Crippen molar-refractivity contribution in [1.82, 2.24) is 0 Å². The van der Waals surface area contributed by atoms with Crippen LogP contribution in [0.15, 0.2) is 0 Å². The Labute approximate surface area is 57.7 Å². The molecule has 0 atom stereocenters. The van der Waals surface area contributed by atoms with Crippen molar-refractivity contribution < 1.29 is 17.9 Å². The van der Waals surface area contributed by atoms with Crippen molar-refractivity contribution in [2.75, 3.05) is 5.75 Å². The Kier molecular flexibility index (Phi) is 3.72. The first-order valence-electron chi connectivity index (χ1n) is 2.15. The van der Waals surface area contributed by atoms with E-state index >= 15 is 0 Å². The summed E-state index contributed by atoms with van der Waals surface area (Å²) in [5, 5.41) is 0. The highest BCUT2D eigenvalue weighted by atomic mass is 35.7. The summed E-state index contributed by atoms with van der Waals surface area (Å²) in [5.74, 6) is -0.438. The van der Waals surface area contributed by atoms with Gasteiger partial charge in [-0.3, -0.25) is 9.11 Å². The summed E-state index contributed by atoms with van der Waals surface area (Å²) in [5.41, 5.74) is 0. The molecule has 9 heavy (non-hydrogen) atoms. The van der Waals surface area contributed by atoms with Gasteiger partial charge in [-0.05, 0) is 0 Å². The van der Waals surface area contributed by atoms with Gasteiger partial charge in [-0.25, -0.2) is 8.78 Å². The molecule has 6 heteroatoms. The van der Waals surface area contributed by atoms with E-state index in [1.807, 2.05) is 0 Å². The molecule has 0 amide bonds. The number of hydrogen-bond acceptors (Lipinski definition) is 2. The van der Waals surface area contributed by atoms with Crippen LogP contribution in [0.3, 0.4) is 0 Å². The van der Waals surface area contributed by atoms with Gasteiger partial charge >= 0.3 is 0 Å². The van der Waals surface area contributed by atoms with E-state index in [9.17, 15) is 8.78 Å². The fourth-order valence-corrected chi connectivity index (χ4v) is 0.984. The summed E-state index contributed by atoms with van der Waals surface area (Å²) in [6.07, 6.45) is -3.08. The van der Waals surface area contributed by atoms with E-state index in [0.717, 1.165) is 0 Å². The van der Waals surface area contributed by atoms with Crippen molar-refractivity contribution in [1.29, 1.82) is 0 Å². The second-order valence-corrected chi connectivity index (χ2v) is 4.54. The predicted molar refractivity (Wildman–Crippen MR) is 34.2 cm³/mol. The van der Waals surface area contributed by atoms with Crippen LogP contribution >= 0.6 is 20.5 Å². The second kappa shape index (κ2) is 3.55. The number of halogens is 3. The molecular formula is C3H7ClF2O2S. The summed E-state index contributed by atoms with van der Waals surface area (Å²) in [4.78, 5) is 0. The van der Waals surface area contributed by atoms with E-state index in [2.05, 4.69) is 0 Å². The Bertz CT molecular complexity index is 84.4. The fraction of sp³-hybridized carbons (Fsp3) is 1.00. The average molecular weight is 181 g/mol. The van der Waals surface area contributed by atoms with Gasteiger partial charge in [0, 0.05) is 17.1 Å². The molecule has 0 aromatic heterocycles.